The molecule has 21 heavy (non-hydrogen) atoms. The maximum atomic E-state index is 12.7. The van der Waals surface area contributed by atoms with Gasteiger partial charge >= 0.3 is 5.97 Å². The molecule has 2 aromatic heterocycles. The number of rotatable bonds is 4. The van der Waals surface area contributed by atoms with Crippen LogP contribution in [0.1, 0.15) is 16.6 Å². The fourth-order valence-corrected chi connectivity index (χ4v) is 4.69. The van der Waals surface area contributed by atoms with Crippen LogP contribution in [-0.2, 0) is 9.53 Å². The molecule has 0 saturated carbocycles. The second-order valence-electron chi connectivity index (χ2n) is 4.90. The van der Waals surface area contributed by atoms with Crippen molar-refractivity contribution in [3.63, 3.8) is 0 Å². The van der Waals surface area contributed by atoms with Crippen LogP contribution in [0, 0.1) is 5.92 Å². The SMILES string of the molecule is CCN(C(=O)c1cc2sccc2s1)C1COCC1C(=O)O. The lowest BCUT2D eigenvalue weighted by atomic mass is 10.0. The van der Waals surface area contributed by atoms with Gasteiger partial charge in [-0.05, 0) is 24.4 Å². The van der Waals surface area contributed by atoms with E-state index in [0.717, 1.165) is 9.40 Å². The average Bonchev–Trinajstić information content (AvgIpc) is 3.14. The summed E-state index contributed by atoms with van der Waals surface area (Å²) in [6, 6.07) is 3.50. The summed E-state index contributed by atoms with van der Waals surface area (Å²) in [5.74, 6) is -1.65. The zero-order valence-electron chi connectivity index (χ0n) is 11.4. The summed E-state index contributed by atoms with van der Waals surface area (Å²) in [5, 5.41) is 11.2. The van der Waals surface area contributed by atoms with Crippen molar-refractivity contribution >= 4 is 43.9 Å². The third-order valence-corrected chi connectivity index (χ3v) is 5.80. The van der Waals surface area contributed by atoms with E-state index in [-0.39, 0.29) is 25.2 Å². The Kier molecular flexibility index (Phi) is 3.97. The molecule has 2 aromatic rings. The Hall–Kier alpha value is -1.44. The zero-order chi connectivity index (χ0) is 15.0. The van der Waals surface area contributed by atoms with Crippen LogP contribution in [0.25, 0.3) is 9.40 Å². The lowest BCUT2D eigenvalue weighted by Gasteiger charge is -2.28. The number of thiophene rings is 2. The van der Waals surface area contributed by atoms with Crippen molar-refractivity contribution in [1.29, 1.82) is 0 Å². The number of hydrogen-bond acceptors (Lipinski definition) is 5. The highest BCUT2D eigenvalue weighted by Gasteiger charge is 2.39. The summed E-state index contributed by atoms with van der Waals surface area (Å²) < 4.78 is 7.46. The topological polar surface area (TPSA) is 66.8 Å². The van der Waals surface area contributed by atoms with E-state index in [4.69, 9.17) is 4.74 Å². The number of hydrogen-bond donors (Lipinski definition) is 1. The number of ether oxygens (including phenoxy) is 1. The normalized spacial score (nSPS) is 21.8. The fourth-order valence-electron chi connectivity index (χ4n) is 2.63. The fraction of sp³-hybridized carbons (Fsp3) is 0.429. The lowest BCUT2D eigenvalue weighted by molar-refractivity contribution is -0.142. The van der Waals surface area contributed by atoms with Gasteiger partial charge in [0.25, 0.3) is 5.91 Å². The zero-order valence-corrected chi connectivity index (χ0v) is 13.1. The summed E-state index contributed by atoms with van der Waals surface area (Å²) in [6.07, 6.45) is 0. The quantitative estimate of drug-likeness (QED) is 0.938. The highest BCUT2D eigenvalue weighted by molar-refractivity contribution is 7.27. The van der Waals surface area contributed by atoms with Crippen molar-refractivity contribution in [2.24, 2.45) is 5.92 Å². The molecule has 2 unspecified atom stereocenters. The Balaban J connectivity index is 1.86. The first-order chi connectivity index (χ1) is 10.1. The van der Waals surface area contributed by atoms with Gasteiger partial charge in [-0.2, -0.15) is 0 Å². The minimum absolute atomic E-state index is 0.104. The molecule has 1 aliphatic heterocycles. The van der Waals surface area contributed by atoms with Gasteiger partial charge in [-0.25, -0.2) is 0 Å². The van der Waals surface area contributed by atoms with Crippen molar-refractivity contribution in [2.75, 3.05) is 19.8 Å². The molecule has 3 rings (SSSR count). The van der Waals surface area contributed by atoms with Crippen LogP contribution in [0.3, 0.4) is 0 Å². The van der Waals surface area contributed by atoms with Gasteiger partial charge < -0.3 is 14.7 Å². The standard InChI is InChI=1S/C14H15NO4S2/c1-2-15(9-7-19-6-8(9)14(17)18)13(16)12-5-11-10(21-12)3-4-20-11/h3-5,8-9H,2,6-7H2,1H3,(H,17,18). The van der Waals surface area contributed by atoms with Crippen LogP contribution in [0.5, 0.6) is 0 Å². The van der Waals surface area contributed by atoms with Crippen molar-refractivity contribution in [3.8, 4) is 0 Å². The van der Waals surface area contributed by atoms with Gasteiger partial charge in [-0.15, -0.1) is 22.7 Å². The minimum atomic E-state index is -0.907. The smallest absolute Gasteiger partial charge is 0.311 e. The Labute approximate surface area is 129 Å². The van der Waals surface area contributed by atoms with E-state index in [1.54, 1.807) is 16.2 Å². The molecule has 0 radical (unpaired) electrons. The number of carbonyl (C=O) groups excluding carboxylic acids is 1. The molecule has 2 atom stereocenters. The van der Waals surface area contributed by atoms with Gasteiger partial charge in [-0.1, -0.05) is 0 Å². The molecular weight excluding hydrogens is 310 g/mol. The molecule has 0 aliphatic carbocycles. The summed E-state index contributed by atoms with van der Waals surface area (Å²) >= 11 is 3.06. The maximum Gasteiger partial charge on any atom is 0.311 e. The summed E-state index contributed by atoms with van der Waals surface area (Å²) in [5.41, 5.74) is 0. The van der Waals surface area contributed by atoms with Crippen molar-refractivity contribution in [3.05, 3.63) is 22.4 Å². The second-order valence-corrected chi connectivity index (χ2v) is 6.93. The van der Waals surface area contributed by atoms with E-state index in [1.807, 2.05) is 24.4 Å². The third kappa shape index (κ3) is 2.56. The summed E-state index contributed by atoms with van der Waals surface area (Å²) in [7, 11) is 0. The van der Waals surface area contributed by atoms with E-state index in [9.17, 15) is 14.7 Å². The van der Waals surface area contributed by atoms with Crippen LogP contribution < -0.4 is 0 Å². The van der Waals surface area contributed by atoms with E-state index in [1.165, 1.54) is 11.3 Å². The number of carbonyl (C=O) groups is 2. The van der Waals surface area contributed by atoms with Crippen LogP contribution in [0.15, 0.2) is 17.5 Å². The van der Waals surface area contributed by atoms with E-state index in [0.29, 0.717) is 11.4 Å². The molecule has 7 heteroatoms. The molecule has 1 aliphatic rings. The monoisotopic (exact) mass is 325 g/mol. The Morgan fingerprint density at radius 2 is 2.24 bits per heavy atom. The number of nitrogens with zero attached hydrogens (tertiary/aromatic N) is 1. The van der Waals surface area contributed by atoms with Gasteiger partial charge in [0.15, 0.2) is 0 Å². The first-order valence-corrected chi connectivity index (χ1v) is 8.40. The largest absolute Gasteiger partial charge is 0.481 e. The molecule has 5 nitrogen and oxygen atoms in total. The Morgan fingerprint density at radius 3 is 2.90 bits per heavy atom. The van der Waals surface area contributed by atoms with Gasteiger partial charge in [0.05, 0.1) is 24.1 Å². The molecule has 1 fully saturated rings. The molecule has 1 saturated heterocycles. The Bertz CT molecular complexity index is 649. The third-order valence-electron chi connectivity index (χ3n) is 3.72. The number of likely N-dealkylation sites (N-methyl/N-ethyl adjacent to an activating group) is 1. The number of carboxylic acid groups (broad SMARTS) is 1. The maximum absolute atomic E-state index is 12.7. The molecular formula is C14H15NO4S2. The van der Waals surface area contributed by atoms with Gasteiger partial charge in [0.1, 0.15) is 5.92 Å². The van der Waals surface area contributed by atoms with E-state index >= 15 is 0 Å². The van der Waals surface area contributed by atoms with Gasteiger partial charge in [0.2, 0.25) is 0 Å². The van der Waals surface area contributed by atoms with Crippen molar-refractivity contribution < 1.29 is 19.4 Å². The highest BCUT2D eigenvalue weighted by Crippen LogP contribution is 2.32. The van der Waals surface area contributed by atoms with Crippen LogP contribution in [0.2, 0.25) is 0 Å². The molecule has 0 aromatic carbocycles. The number of amides is 1. The number of aliphatic carboxylic acids is 1. The summed E-state index contributed by atoms with van der Waals surface area (Å²) in [4.78, 5) is 26.3. The van der Waals surface area contributed by atoms with E-state index < -0.39 is 11.9 Å². The van der Waals surface area contributed by atoms with Gasteiger partial charge in [-0.3, -0.25) is 9.59 Å². The first kappa shape index (κ1) is 14.5. The molecule has 1 N–H and O–H groups in total. The van der Waals surface area contributed by atoms with Crippen LogP contribution >= 0.6 is 22.7 Å². The highest BCUT2D eigenvalue weighted by atomic mass is 32.1. The van der Waals surface area contributed by atoms with Crippen LogP contribution in [-0.4, -0.2) is 47.7 Å². The predicted molar refractivity (Wildman–Crippen MR) is 82.1 cm³/mol. The average molecular weight is 325 g/mol. The van der Waals surface area contributed by atoms with Crippen LogP contribution in [0.4, 0.5) is 0 Å². The minimum Gasteiger partial charge on any atom is -0.481 e. The first-order valence-electron chi connectivity index (χ1n) is 6.70. The van der Waals surface area contributed by atoms with Gasteiger partial charge in [0, 0.05) is 15.9 Å². The van der Waals surface area contributed by atoms with E-state index in [2.05, 4.69) is 0 Å². The Morgan fingerprint density at radius 1 is 1.43 bits per heavy atom. The van der Waals surface area contributed by atoms with Crippen molar-refractivity contribution in [1.82, 2.24) is 4.90 Å². The lowest BCUT2D eigenvalue weighted by Crippen LogP contribution is -2.46. The molecule has 0 spiro atoms. The second kappa shape index (κ2) is 5.75. The molecule has 112 valence electrons. The number of fused-ring (bicyclic) bond motifs is 1. The number of carboxylic acids is 1. The predicted octanol–water partition coefficient (Wildman–Crippen LogP) is 2.52. The summed E-state index contributed by atoms with van der Waals surface area (Å²) in [6.45, 7) is 2.80. The molecule has 1 amide bonds. The molecule has 0 bridgehead atoms. The van der Waals surface area contributed by atoms with Crippen molar-refractivity contribution in [2.45, 2.75) is 13.0 Å². The molecule has 3 heterocycles.